The lowest BCUT2D eigenvalue weighted by atomic mass is 9.93. The molecule has 0 aromatic carbocycles. The molecule has 10 heavy (non-hydrogen) atoms. The molecule has 0 heterocycles. The van der Waals surface area contributed by atoms with E-state index in [0.29, 0.717) is 5.92 Å². The Morgan fingerprint density at radius 1 is 1.40 bits per heavy atom. The van der Waals surface area contributed by atoms with E-state index < -0.39 is 5.60 Å². The highest BCUT2D eigenvalue weighted by Crippen LogP contribution is 2.11. The molecular weight excluding hydrogens is 126 g/mol. The summed E-state index contributed by atoms with van der Waals surface area (Å²) in [5.41, 5.74) is 0.0932. The van der Waals surface area contributed by atoms with Crippen molar-refractivity contribution in [2.24, 2.45) is 10.9 Å². The van der Waals surface area contributed by atoms with Crippen LogP contribution in [0.15, 0.2) is 4.99 Å². The van der Waals surface area contributed by atoms with Gasteiger partial charge < -0.3 is 5.11 Å². The minimum atomic E-state index is -0.761. The Morgan fingerprint density at radius 3 is 1.80 bits per heavy atom. The number of hydrogen-bond acceptors (Lipinski definition) is 2. The SMILES string of the molecule is CN=C(C(C)C)C(C)(C)O. The first kappa shape index (κ1) is 9.63. The monoisotopic (exact) mass is 143 g/mol. The third-order valence-corrected chi connectivity index (χ3v) is 1.41. The Labute approximate surface area is 63.0 Å². The Kier molecular flexibility index (Phi) is 3.03. The second kappa shape index (κ2) is 3.15. The third-order valence-electron chi connectivity index (χ3n) is 1.41. The first-order valence-electron chi connectivity index (χ1n) is 3.59. The Bertz CT molecular complexity index is 131. The van der Waals surface area contributed by atoms with Crippen molar-refractivity contribution in [2.45, 2.75) is 33.3 Å². The van der Waals surface area contributed by atoms with Crippen LogP contribution in [0.2, 0.25) is 0 Å². The zero-order chi connectivity index (χ0) is 8.36. The van der Waals surface area contributed by atoms with Gasteiger partial charge in [0.25, 0.3) is 0 Å². The van der Waals surface area contributed by atoms with E-state index in [4.69, 9.17) is 0 Å². The van der Waals surface area contributed by atoms with Gasteiger partial charge in [-0.2, -0.15) is 0 Å². The van der Waals surface area contributed by atoms with E-state index in [9.17, 15) is 5.11 Å². The number of nitrogens with zero attached hydrogens (tertiary/aromatic N) is 1. The van der Waals surface area contributed by atoms with Gasteiger partial charge in [0.15, 0.2) is 0 Å². The van der Waals surface area contributed by atoms with Crippen molar-refractivity contribution in [1.29, 1.82) is 0 Å². The summed E-state index contributed by atoms with van der Waals surface area (Å²) in [7, 11) is 1.72. The highest BCUT2D eigenvalue weighted by molar-refractivity contribution is 5.93. The lowest BCUT2D eigenvalue weighted by molar-refractivity contribution is 0.148. The van der Waals surface area contributed by atoms with E-state index in [-0.39, 0.29) is 0 Å². The fraction of sp³-hybridized carbons (Fsp3) is 0.875. The quantitative estimate of drug-likeness (QED) is 0.583. The minimum Gasteiger partial charge on any atom is -0.384 e. The van der Waals surface area contributed by atoms with E-state index in [1.807, 2.05) is 13.8 Å². The number of rotatable bonds is 2. The predicted molar refractivity (Wildman–Crippen MR) is 44.5 cm³/mol. The molecule has 0 unspecified atom stereocenters. The summed E-state index contributed by atoms with van der Waals surface area (Å²) < 4.78 is 0. The maximum absolute atomic E-state index is 9.52. The summed E-state index contributed by atoms with van der Waals surface area (Å²) in [6, 6.07) is 0. The molecule has 0 fully saturated rings. The standard InChI is InChI=1S/C8H17NO/c1-6(2)7(9-5)8(3,4)10/h6,10H,1-5H3. The fourth-order valence-electron chi connectivity index (χ4n) is 1.24. The minimum absolute atomic E-state index is 0.324. The number of hydrogen-bond donors (Lipinski definition) is 1. The summed E-state index contributed by atoms with van der Waals surface area (Å²) >= 11 is 0. The van der Waals surface area contributed by atoms with Gasteiger partial charge in [-0.15, -0.1) is 0 Å². The van der Waals surface area contributed by atoms with Gasteiger partial charge >= 0.3 is 0 Å². The van der Waals surface area contributed by atoms with Crippen molar-refractivity contribution in [3.05, 3.63) is 0 Å². The van der Waals surface area contributed by atoms with Crippen molar-refractivity contribution in [1.82, 2.24) is 0 Å². The first-order valence-corrected chi connectivity index (χ1v) is 3.59. The molecule has 0 saturated heterocycles. The summed E-state index contributed by atoms with van der Waals surface area (Å²) in [5, 5.41) is 9.52. The zero-order valence-electron chi connectivity index (χ0n) is 7.47. The van der Waals surface area contributed by atoms with Gasteiger partial charge in [-0.3, -0.25) is 4.99 Å². The largest absolute Gasteiger partial charge is 0.384 e. The lowest BCUT2D eigenvalue weighted by Gasteiger charge is -2.22. The van der Waals surface area contributed by atoms with Crippen molar-refractivity contribution < 1.29 is 5.11 Å². The normalized spacial score (nSPS) is 14.5. The molecule has 1 N–H and O–H groups in total. The van der Waals surface area contributed by atoms with Gasteiger partial charge in [-0.05, 0) is 19.8 Å². The summed E-state index contributed by atoms with van der Waals surface area (Å²) in [6.07, 6.45) is 0. The first-order chi connectivity index (χ1) is 4.39. The molecule has 0 aliphatic heterocycles. The second-order valence-electron chi connectivity index (χ2n) is 3.32. The molecule has 0 amide bonds. The zero-order valence-corrected chi connectivity index (χ0v) is 7.47. The van der Waals surface area contributed by atoms with Crippen LogP contribution in [-0.2, 0) is 0 Å². The third kappa shape index (κ3) is 2.48. The van der Waals surface area contributed by atoms with Crippen LogP contribution >= 0.6 is 0 Å². The average molecular weight is 143 g/mol. The summed E-state index contributed by atoms with van der Waals surface area (Å²) in [5.74, 6) is 0.324. The van der Waals surface area contributed by atoms with E-state index in [1.54, 1.807) is 20.9 Å². The van der Waals surface area contributed by atoms with Crippen LogP contribution in [-0.4, -0.2) is 23.5 Å². The highest BCUT2D eigenvalue weighted by atomic mass is 16.3. The summed E-state index contributed by atoms with van der Waals surface area (Å²) in [4.78, 5) is 4.03. The Balaban J connectivity index is 4.40. The number of aliphatic hydroxyl groups is 1. The number of aliphatic imine (C=N–C) groups is 1. The van der Waals surface area contributed by atoms with Crippen LogP contribution in [0.5, 0.6) is 0 Å². The molecule has 2 nitrogen and oxygen atoms in total. The van der Waals surface area contributed by atoms with Crippen molar-refractivity contribution >= 4 is 5.71 Å². The molecule has 0 atom stereocenters. The molecule has 0 bridgehead atoms. The van der Waals surface area contributed by atoms with Crippen LogP contribution in [0, 0.1) is 5.92 Å². The molecule has 0 radical (unpaired) electrons. The smallest absolute Gasteiger partial charge is 0.0968 e. The molecule has 0 aromatic heterocycles. The molecule has 0 spiro atoms. The van der Waals surface area contributed by atoms with Gasteiger partial charge in [0.2, 0.25) is 0 Å². The highest BCUT2D eigenvalue weighted by Gasteiger charge is 2.22. The Morgan fingerprint density at radius 2 is 1.80 bits per heavy atom. The van der Waals surface area contributed by atoms with Gasteiger partial charge in [-0.25, -0.2) is 0 Å². The summed E-state index contributed by atoms with van der Waals surface area (Å²) in [6.45, 7) is 7.57. The lowest BCUT2D eigenvalue weighted by Crippen LogP contribution is -2.34. The van der Waals surface area contributed by atoms with E-state index in [2.05, 4.69) is 4.99 Å². The molecule has 2 heteroatoms. The molecule has 0 saturated carbocycles. The maximum Gasteiger partial charge on any atom is 0.0968 e. The average Bonchev–Trinajstić information content (AvgIpc) is 1.60. The van der Waals surface area contributed by atoms with Crippen molar-refractivity contribution in [3.8, 4) is 0 Å². The molecule has 0 aromatic rings. The predicted octanol–water partition coefficient (Wildman–Crippen LogP) is 1.48. The van der Waals surface area contributed by atoms with Crippen LogP contribution in [0.4, 0.5) is 0 Å². The van der Waals surface area contributed by atoms with Crippen LogP contribution in [0.3, 0.4) is 0 Å². The van der Waals surface area contributed by atoms with Crippen LogP contribution in [0.25, 0.3) is 0 Å². The van der Waals surface area contributed by atoms with Gasteiger partial charge in [0.05, 0.1) is 5.60 Å². The maximum atomic E-state index is 9.52. The van der Waals surface area contributed by atoms with Crippen LogP contribution < -0.4 is 0 Å². The van der Waals surface area contributed by atoms with Crippen LogP contribution in [0.1, 0.15) is 27.7 Å². The van der Waals surface area contributed by atoms with Gasteiger partial charge in [0, 0.05) is 12.8 Å². The van der Waals surface area contributed by atoms with Crippen molar-refractivity contribution in [2.75, 3.05) is 7.05 Å². The second-order valence-corrected chi connectivity index (χ2v) is 3.32. The van der Waals surface area contributed by atoms with Gasteiger partial charge in [-0.1, -0.05) is 13.8 Å². The van der Waals surface area contributed by atoms with E-state index >= 15 is 0 Å². The topological polar surface area (TPSA) is 32.6 Å². The van der Waals surface area contributed by atoms with Crippen molar-refractivity contribution in [3.63, 3.8) is 0 Å². The molecular formula is C8H17NO. The van der Waals surface area contributed by atoms with Gasteiger partial charge in [0.1, 0.15) is 0 Å². The molecule has 0 aliphatic rings. The van der Waals surface area contributed by atoms with E-state index in [1.165, 1.54) is 0 Å². The fourth-order valence-corrected chi connectivity index (χ4v) is 1.24. The van der Waals surface area contributed by atoms with E-state index in [0.717, 1.165) is 5.71 Å². The molecule has 0 aliphatic carbocycles. The molecule has 60 valence electrons. The Hall–Kier alpha value is -0.370. The molecule has 0 rings (SSSR count).